The van der Waals surface area contributed by atoms with Crippen molar-refractivity contribution in [2.45, 2.75) is 26.3 Å². The highest BCUT2D eigenvalue weighted by Gasteiger charge is 2.00. The highest BCUT2D eigenvalue weighted by atomic mass is 15.1. The standard InChI is InChI=1S/C16H21N3/c1-12(2)19-16(17)18-11-10-14-8-5-7-13-6-3-4-9-15(13)14/h3-9,12H,10-11H2,1-2H3,(H3,17,18,19). The van der Waals surface area contributed by atoms with Crippen molar-refractivity contribution in [2.75, 3.05) is 6.54 Å². The fraction of sp³-hybridized carbons (Fsp3) is 0.312. The van der Waals surface area contributed by atoms with E-state index in [4.69, 9.17) is 5.73 Å². The maximum Gasteiger partial charge on any atom is 0.188 e. The second-order valence-electron chi connectivity index (χ2n) is 4.95. The van der Waals surface area contributed by atoms with Gasteiger partial charge in [0.1, 0.15) is 0 Å². The van der Waals surface area contributed by atoms with Crippen LogP contribution in [0.1, 0.15) is 19.4 Å². The summed E-state index contributed by atoms with van der Waals surface area (Å²) in [5, 5.41) is 5.67. The van der Waals surface area contributed by atoms with Gasteiger partial charge in [0.2, 0.25) is 0 Å². The average Bonchev–Trinajstić information content (AvgIpc) is 2.38. The van der Waals surface area contributed by atoms with E-state index in [2.05, 4.69) is 52.8 Å². The molecule has 0 radical (unpaired) electrons. The molecule has 0 amide bonds. The predicted molar refractivity (Wildman–Crippen MR) is 82.4 cm³/mol. The third kappa shape index (κ3) is 3.71. The molecule has 0 saturated carbocycles. The van der Waals surface area contributed by atoms with E-state index in [0.29, 0.717) is 18.5 Å². The van der Waals surface area contributed by atoms with Crippen LogP contribution in [0.15, 0.2) is 47.5 Å². The molecule has 0 aromatic heterocycles. The molecule has 0 unspecified atom stereocenters. The lowest BCUT2D eigenvalue weighted by molar-refractivity contribution is 0.723. The van der Waals surface area contributed by atoms with Gasteiger partial charge in [0, 0.05) is 12.6 Å². The van der Waals surface area contributed by atoms with Crippen LogP contribution in [0.2, 0.25) is 0 Å². The van der Waals surface area contributed by atoms with Gasteiger partial charge >= 0.3 is 0 Å². The number of hydrogen-bond donors (Lipinski definition) is 2. The Labute approximate surface area is 114 Å². The van der Waals surface area contributed by atoms with Crippen molar-refractivity contribution < 1.29 is 0 Å². The largest absolute Gasteiger partial charge is 0.370 e. The van der Waals surface area contributed by atoms with Gasteiger partial charge in [-0.25, -0.2) is 0 Å². The fourth-order valence-electron chi connectivity index (χ4n) is 2.15. The molecule has 0 spiro atoms. The van der Waals surface area contributed by atoms with Crippen molar-refractivity contribution >= 4 is 16.7 Å². The molecule has 3 N–H and O–H groups in total. The monoisotopic (exact) mass is 255 g/mol. The highest BCUT2D eigenvalue weighted by molar-refractivity contribution is 5.85. The summed E-state index contributed by atoms with van der Waals surface area (Å²) < 4.78 is 0. The van der Waals surface area contributed by atoms with E-state index >= 15 is 0 Å². The van der Waals surface area contributed by atoms with E-state index in [1.165, 1.54) is 16.3 Å². The topological polar surface area (TPSA) is 50.4 Å². The summed E-state index contributed by atoms with van der Waals surface area (Å²) in [6.45, 7) is 4.81. The molecule has 0 heterocycles. The Morgan fingerprint density at radius 2 is 1.89 bits per heavy atom. The Morgan fingerprint density at radius 1 is 1.16 bits per heavy atom. The smallest absolute Gasteiger partial charge is 0.188 e. The van der Waals surface area contributed by atoms with Crippen molar-refractivity contribution in [1.29, 1.82) is 0 Å². The minimum Gasteiger partial charge on any atom is -0.370 e. The van der Waals surface area contributed by atoms with Crippen LogP contribution in [0.5, 0.6) is 0 Å². The Balaban J connectivity index is 2.06. The van der Waals surface area contributed by atoms with Gasteiger partial charge in [-0.05, 0) is 36.6 Å². The first-order valence-corrected chi connectivity index (χ1v) is 6.70. The quantitative estimate of drug-likeness (QED) is 0.652. The minimum absolute atomic E-state index is 0.321. The van der Waals surface area contributed by atoms with Crippen LogP contribution in [0, 0.1) is 0 Å². The molecular weight excluding hydrogens is 234 g/mol. The molecular formula is C16H21N3. The van der Waals surface area contributed by atoms with E-state index in [0.717, 1.165) is 6.42 Å². The molecule has 0 aliphatic carbocycles. The van der Waals surface area contributed by atoms with Crippen LogP contribution in [0.3, 0.4) is 0 Å². The summed E-state index contributed by atoms with van der Waals surface area (Å²) in [5.74, 6) is 0.523. The second-order valence-corrected chi connectivity index (χ2v) is 4.95. The lowest BCUT2D eigenvalue weighted by Crippen LogP contribution is -2.36. The van der Waals surface area contributed by atoms with Crippen molar-refractivity contribution in [2.24, 2.45) is 10.7 Å². The van der Waals surface area contributed by atoms with Gasteiger partial charge in [-0.15, -0.1) is 0 Å². The number of guanidine groups is 1. The number of nitrogens with zero attached hydrogens (tertiary/aromatic N) is 1. The highest BCUT2D eigenvalue weighted by Crippen LogP contribution is 2.18. The number of aliphatic imine (C=N–C) groups is 1. The van der Waals surface area contributed by atoms with E-state index < -0.39 is 0 Å². The fourth-order valence-corrected chi connectivity index (χ4v) is 2.15. The van der Waals surface area contributed by atoms with Crippen LogP contribution >= 0.6 is 0 Å². The summed E-state index contributed by atoms with van der Waals surface area (Å²) >= 11 is 0. The molecule has 0 aliphatic rings. The Hall–Kier alpha value is -2.03. The van der Waals surface area contributed by atoms with Crippen molar-refractivity contribution in [1.82, 2.24) is 5.32 Å². The zero-order valence-corrected chi connectivity index (χ0v) is 11.6. The lowest BCUT2D eigenvalue weighted by Gasteiger charge is -2.09. The maximum atomic E-state index is 5.79. The molecule has 2 aromatic rings. The number of benzene rings is 2. The van der Waals surface area contributed by atoms with Crippen molar-refractivity contribution in [3.05, 3.63) is 48.0 Å². The van der Waals surface area contributed by atoms with E-state index in [1.807, 2.05) is 13.8 Å². The summed E-state index contributed by atoms with van der Waals surface area (Å²) in [6.07, 6.45) is 0.905. The SMILES string of the molecule is CC(C)NC(N)=NCCc1cccc2ccccc12. The van der Waals surface area contributed by atoms with Crippen LogP contribution in [-0.2, 0) is 6.42 Å². The molecule has 0 aliphatic heterocycles. The molecule has 0 fully saturated rings. The molecule has 2 rings (SSSR count). The summed E-state index contributed by atoms with van der Waals surface area (Å²) in [4.78, 5) is 4.35. The van der Waals surface area contributed by atoms with E-state index in [-0.39, 0.29) is 0 Å². The molecule has 3 heteroatoms. The first kappa shape index (κ1) is 13.4. The van der Waals surface area contributed by atoms with E-state index in [1.54, 1.807) is 0 Å². The Bertz CT molecular complexity index is 568. The molecule has 2 aromatic carbocycles. The number of hydrogen-bond acceptors (Lipinski definition) is 1. The van der Waals surface area contributed by atoms with Crippen molar-refractivity contribution in [3.8, 4) is 0 Å². The zero-order valence-electron chi connectivity index (χ0n) is 11.6. The predicted octanol–water partition coefficient (Wildman–Crippen LogP) is 2.70. The van der Waals surface area contributed by atoms with Crippen LogP contribution in [0.25, 0.3) is 10.8 Å². The van der Waals surface area contributed by atoms with Gasteiger partial charge in [-0.3, -0.25) is 4.99 Å². The number of nitrogens with one attached hydrogen (secondary N) is 1. The number of nitrogens with two attached hydrogens (primary N) is 1. The third-order valence-electron chi connectivity index (χ3n) is 2.98. The van der Waals surface area contributed by atoms with E-state index in [9.17, 15) is 0 Å². The zero-order chi connectivity index (χ0) is 13.7. The lowest BCUT2D eigenvalue weighted by atomic mass is 10.0. The van der Waals surface area contributed by atoms with Crippen LogP contribution < -0.4 is 11.1 Å². The maximum absolute atomic E-state index is 5.79. The summed E-state index contributed by atoms with van der Waals surface area (Å²) in [5.41, 5.74) is 7.11. The Kier molecular flexibility index (Phi) is 4.39. The number of rotatable bonds is 4. The molecule has 100 valence electrons. The minimum atomic E-state index is 0.321. The summed E-state index contributed by atoms with van der Waals surface area (Å²) in [6, 6.07) is 15.1. The van der Waals surface area contributed by atoms with Crippen molar-refractivity contribution in [3.63, 3.8) is 0 Å². The molecule has 0 atom stereocenters. The average molecular weight is 255 g/mol. The van der Waals surface area contributed by atoms with Gasteiger partial charge < -0.3 is 11.1 Å². The third-order valence-corrected chi connectivity index (χ3v) is 2.98. The van der Waals surface area contributed by atoms with Gasteiger partial charge in [0.25, 0.3) is 0 Å². The number of fused-ring (bicyclic) bond motifs is 1. The van der Waals surface area contributed by atoms with Crippen LogP contribution in [-0.4, -0.2) is 18.5 Å². The molecule has 3 nitrogen and oxygen atoms in total. The first-order valence-electron chi connectivity index (χ1n) is 6.70. The van der Waals surface area contributed by atoms with Gasteiger partial charge in [-0.2, -0.15) is 0 Å². The van der Waals surface area contributed by atoms with Crippen LogP contribution in [0.4, 0.5) is 0 Å². The summed E-state index contributed by atoms with van der Waals surface area (Å²) in [7, 11) is 0. The first-order chi connectivity index (χ1) is 9.16. The Morgan fingerprint density at radius 3 is 2.68 bits per heavy atom. The van der Waals surface area contributed by atoms with Gasteiger partial charge in [0.05, 0.1) is 0 Å². The van der Waals surface area contributed by atoms with Gasteiger partial charge in [-0.1, -0.05) is 42.5 Å². The van der Waals surface area contributed by atoms with Gasteiger partial charge in [0.15, 0.2) is 5.96 Å². The second kappa shape index (κ2) is 6.23. The molecule has 0 saturated heterocycles. The molecule has 0 bridgehead atoms. The normalized spacial score (nSPS) is 12.1. The molecule has 19 heavy (non-hydrogen) atoms.